The zero-order valence-corrected chi connectivity index (χ0v) is 12.1. The number of rotatable bonds is 6. The van der Waals surface area contributed by atoms with Crippen LogP contribution in [-0.2, 0) is 13.5 Å². The molecule has 1 atom stereocenters. The van der Waals surface area contributed by atoms with Gasteiger partial charge in [0.1, 0.15) is 0 Å². The Kier molecular flexibility index (Phi) is 4.74. The zero-order chi connectivity index (χ0) is 13.7. The van der Waals surface area contributed by atoms with Crippen LogP contribution >= 0.6 is 0 Å². The summed E-state index contributed by atoms with van der Waals surface area (Å²) in [5, 5.41) is 7.81. The Balaban J connectivity index is 2.01. The molecule has 2 aromatic rings. The van der Waals surface area contributed by atoms with Crippen LogP contribution in [0.5, 0.6) is 0 Å². The van der Waals surface area contributed by atoms with Crippen LogP contribution in [0, 0.1) is 6.92 Å². The lowest BCUT2D eigenvalue weighted by Crippen LogP contribution is -2.21. The van der Waals surface area contributed by atoms with Crippen LogP contribution in [0.25, 0.3) is 0 Å². The molecule has 1 aromatic carbocycles. The van der Waals surface area contributed by atoms with Crippen molar-refractivity contribution in [1.82, 2.24) is 15.1 Å². The van der Waals surface area contributed by atoms with Crippen LogP contribution < -0.4 is 5.32 Å². The molecule has 0 fully saturated rings. The SMILES string of the molecule is CCNC(CCc1cccc(C)c1)c1cnn(C)c1. The number of aromatic nitrogens is 2. The number of nitrogens with zero attached hydrogens (tertiary/aromatic N) is 2. The van der Waals surface area contributed by atoms with Gasteiger partial charge in [-0.05, 0) is 31.9 Å². The fourth-order valence-corrected chi connectivity index (χ4v) is 2.43. The zero-order valence-electron chi connectivity index (χ0n) is 12.1. The second-order valence-corrected chi connectivity index (χ2v) is 5.09. The first kappa shape index (κ1) is 13.8. The van der Waals surface area contributed by atoms with E-state index in [1.807, 2.05) is 17.9 Å². The third kappa shape index (κ3) is 3.93. The van der Waals surface area contributed by atoms with E-state index in [0.717, 1.165) is 19.4 Å². The van der Waals surface area contributed by atoms with Crippen molar-refractivity contribution in [2.24, 2.45) is 7.05 Å². The summed E-state index contributed by atoms with van der Waals surface area (Å²) in [4.78, 5) is 0. The molecule has 1 N–H and O–H groups in total. The maximum absolute atomic E-state index is 4.27. The Morgan fingerprint density at radius 1 is 1.37 bits per heavy atom. The first-order valence-corrected chi connectivity index (χ1v) is 6.96. The predicted molar refractivity (Wildman–Crippen MR) is 79.1 cm³/mol. The molecule has 0 aliphatic carbocycles. The van der Waals surface area contributed by atoms with Gasteiger partial charge in [0.2, 0.25) is 0 Å². The minimum absolute atomic E-state index is 0.388. The largest absolute Gasteiger partial charge is 0.310 e. The molecule has 0 saturated carbocycles. The van der Waals surface area contributed by atoms with Crippen LogP contribution in [0.1, 0.15) is 36.1 Å². The standard InChI is InChI=1S/C16H23N3/c1-4-17-16(15-11-18-19(3)12-15)9-8-14-7-5-6-13(2)10-14/h5-7,10-12,16-17H,4,8-9H2,1-3H3. The normalized spacial score (nSPS) is 12.6. The van der Waals surface area contributed by atoms with Crippen molar-refractivity contribution >= 4 is 0 Å². The summed E-state index contributed by atoms with van der Waals surface area (Å²) in [7, 11) is 1.97. The molecule has 0 amide bonds. The van der Waals surface area contributed by atoms with E-state index < -0.39 is 0 Å². The Labute approximate surface area is 115 Å². The van der Waals surface area contributed by atoms with E-state index in [2.05, 4.69) is 54.7 Å². The number of hydrogen-bond donors (Lipinski definition) is 1. The van der Waals surface area contributed by atoms with Gasteiger partial charge in [0.05, 0.1) is 6.20 Å². The second-order valence-electron chi connectivity index (χ2n) is 5.09. The van der Waals surface area contributed by atoms with Gasteiger partial charge in [-0.1, -0.05) is 36.8 Å². The molecule has 0 bridgehead atoms. The van der Waals surface area contributed by atoms with E-state index in [4.69, 9.17) is 0 Å². The maximum Gasteiger partial charge on any atom is 0.0537 e. The van der Waals surface area contributed by atoms with Crippen LogP contribution in [-0.4, -0.2) is 16.3 Å². The average molecular weight is 257 g/mol. The van der Waals surface area contributed by atoms with Crippen molar-refractivity contribution in [2.75, 3.05) is 6.54 Å². The van der Waals surface area contributed by atoms with E-state index in [1.165, 1.54) is 16.7 Å². The summed E-state index contributed by atoms with van der Waals surface area (Å²) >= 11 is 0. The van der Waals surface area contributed by atoms with E-state index in [9.17, 15) is 0 Å². The molecule has 0 spiro atoms. The van der Waals surface area contributed by atoms with Crippen molar-refractivity contribution in [3.05, 3.63) is 53.3 Å². The number of hydrogen-bond acceptors (Lipinski definition) is 2. The molecule has 3 nitrogen and oxygen atoms in total. The first-order chi connectivity index (χ1) is 9.19. The second kappa shape index (κ2) is 6.53. The quantitative estimate of drug-likeness (QED) is 0.862. The third-order valence-electron chi connectivity index (χ3n) is 3.38. The highest BCUT2D eigenvalue weighted by Crippen LogP contribution is 2.19. The number of aryl methyl sites for hydroxylation is 3. The minimum Gasteiger partial charge on any atom is -0.310 e. The van der Waals surface area contributed by atoms with E-state index >= 15 is 0 Å². The van der Waals surface area contributed by atoms with E-state index in [-0.39, 0.29) is 0 Å². The summed E-state index contributed by atoms with van der Waals surface area (Å²) in [5.41, 5.74) is 4.02. The van der Waals surface area contributed by atoms with E-state index in [0.29, 0.717) is 6.04 Å². The lowest BCUT2D eigenvalue weighted by atomic mass is 10.0. The lowest BCUT2D eigenvalue weighted by Gasteiger charge is -2.16. The van der Waals surface area contributed by atoms with Gasteiger partial charge in [0.25, 0.3) is 0 Å². The van der Waals surface area contributed by atoms with Gasteiger partial charge in [0.15, 0.2) is 0 Å². The Morgan fingerprint density at radius 3 is 2.84 bits per heavy atom. The molecular formula is C16H23N3. The summed E-state index contributed by atoms with van der Waals surface area (Å²) in [6, 6.07) is 9.15. The van der Waals surface area contributed by atoms with Crippen LogP contribution in [0.15, 0.2) is 36.7 Å². The fourth-order valence-electron chi connectivity index (χ4n) is 2.43. The molecule has 19 heavy (non-hydrogen) atoms. The number of nitrogens with one attached hydrogen (secondary N) is 1. The molecule has 0 saturated heterocycles. The van der Waals surface area contributed by atoms with E-state index in [1.54, 1.807) is 0 Å². The molecule has 1 heterocycles. The van der Waals surface area contributed by atoms with Gasteiger partial charge in [-0.2, -0.15) is 5.10 Å². The highest BCUT2D eigenvalue weighted by Gasteiger charge is 2.12. The van der Waals surface area contributed by atoms with Gasteiger partial charge in [-0.25, -0.2) is 0 Å². The first-order valence-electron chi connectivity index (χ1n) is 6.96. The Morgan fingerprint density at radius 2 is 2.21 bits per heavy atom. The van der Waals surface area contributed by atoms with Crippen LogP contribution in [0.4, 0.5) is 0 Å². The van der Waals surface area contributed by atoms with Crippen molar-refractivity contribution < 1.29 is 0 Å². The van der Waals surface area contributed by atoms with Gasteiger partial charge in [-0.3, -0.25) is 4.68 Å². The van der Waals surface area contributed by atoms with Gasteiger partial charge in [0, 0.05) is 24.8 Å². The average Bonchev–Trinajstić information content (AvgIpc) is 2.81. The topological polar surface area (TPSA) is 29.9 Å². The lowest BCUT2D eigenvalue weighted by molar-refractivity contribution is 0.515. The highest BCUT2D eigenvalue weighted by molar-refractivity contribution is 5.22. The third-order valence-corrected chi connectivity index (χ3v) is 3.38. The molecule has 2 rings (SSSR count). The van der Waals surface area contributed by atoms with Gasteiger partial charge in [-0.15, -0.1) is 0 Å². The molecule has 0 radical (unpaired) electrons. The minimum atomic E-state index is 0.388. The summed E-state index contributed by atoms with van der Waals surface area (Å²) < 4.78 is 1.87. The van der Waals surface area contributed by atoms with Crippen molar-refractivity contribution in [3.63, 3.8) is 0 Å². The maximum atomic E-state index is 4.27. The Bertz CT molecular complexity index is 516. The van der Waals surface area contributed by atoms with Crippen LogP contribution in [0.3, 0.4) is 0 Å². The summed E-state index contributed by atoms with van der Waals surface area (Å²) in [6.45, 7) is 5.27. The molecule has 1 unspecified atom stereocenters. The smallest absolute Gasteiger partial charge is 0.0537 e. The monoisotopic (exact) mass is 257 g/mol. The highest BCUT2D eigenvalue weighted by atomic mass is 15.2. The molecule has 0 aliphatic rings. The molecule has 3 heteroatoms. The van der Waals surface area contributed by atoms with Crippen molar-refractivity contribution in [3.8, 4) is 0 Å². The van der Waals surface area contributed by atoms with Crippen LogP contribution in [0.2, 0.25) is 0 Å². The predicted octanol–water partition coefficient (Wildman–Crippen LogP) is 3.01. The van der Waals surface area contributed by atoms with Gasteiger partial charge >= 0.3 is 0 Å². The molecule has 1 aromatic heterocycles. The molecule has 102 valence electrons. The summed E-state index contributed by atoms with van der Waals surface area (Å²) in [5.74, 6) is 0. The number of benzene rings is 1. The van der Waals surface area contributed by atoms with Crippen molar-refractivity contribution in [2.45, 2.75) is 32.7 Å². The molecular weight excluding hydrogens is 234 g/mol. The fraction of sp³-hybridized carbons (Fsp3) is 0.438. The van der Waals surface area contributed by atoms with Gasteiger partial charge < -0.3 is 5.32 Å². The Hall–Kier alpha value is -1.61. The summed E-state index contributed by atoms with van der Waals surface area (Å²) in [6.07, 6.45) is 6.25. The van der Waals surface area contributed by atoms with Crippen molar-refractivity contribution in [1.29, 1.82) is 0 Å². The molecule has 0 aliphatic heterocycles.